The molecule has 2 aromatic carbocycles. The van der Waals surface area contributed by atoms with Crippen LogP contribution in [0.2, 0.25) is 0 Å². The Bertz CT molecular complexity index is 652. The van der Waals surface area contributed by atoms with Crippen LogP contribution >= 0.6 is 0 Å². The summed E-state index contributed by atoms with van der Waals surface area (Å²) in [5, 5.41) is 11.9. The van der Waals surface area contributed by atoms with Gasteiger partial charge >= 0.3 is 5.97 Å². The minimum Gasteiger partial charge on any atom is -0.480 e. The zero-order valence-corrected chi connectivity index (χ0v) is 12.5. The molecule has 0 heterocycles. The Labute approximate surface area is 129 Å². The van der Waals surface area contributed by atoms with Crippen LogP contribution in [-0.2, 0) is 22.4 Å². The maximum absolute atomic E-state index is 12.0. The second kappa shape index (κ2) is 7.41. The SMILES string of the molecule is Cc1cccc(C[C@H](NC(=O)Cc2ccccc2)C(=O)O)c1. The third-order valence-electron chi connectivity index (χ3n) is 3.36. The Hall–Kier alpha value is -2.62. The fourth-order valence-corrected chi connectivity index (χ4v) is 2.30. The van der Waals surface area contributed by atoms with Gasteiger partial charge in [0, 0.05) is 6.42 Å². The number of benzene rings is 2. The average Bonchev–Trinajstić information content (AvgIpc) is 2.47. The standard InChI is InChI=1S/C18H19NO3/c1-13-6-5-9-15(10-13)11-16(18(21)22)19-17(20)12-14-7-3-2-4-8-14/h2-10,16H,11-12H2,1H3,(H,19,20)(H,21,22)/t16-/m0/s1. The Balaban J connectivity index is 1.99. The third-order valence-corrected chi connectivity index (χ3v) is 3.36. The number of carbonyl (C=O) groups excluding carboxylic acids is 1. The van der Waals surface area contributed by atoms with Gasteiger partial charge in [0.1, 0.15) is 6.04 Å². The molecule has 4 heteroatoms. The summed E-state index contributed by atoms with van der Waals surface area (Å²) in [5.41, 5.74) is 2.82. The van der Waals surface area contributed by atoms with Crippen molar-refractivity contribution in [3.05, 3.63) is 71.3 Å². The molecule has 114 valence electrons. The number of carboxylic acid groups (broad SMARTS) is 1. The van der Waals surface area contributed by atoms with Crippen LogP contribution in [0.25, 0.3) is 0 Å². The van der Waals surface area contributed by atoms with Gasteiger partial charge in [0.15, 0.2) is 0 Å². The predicted octanol–water partition coefficient (Wildman–Crippen LogP) is 2.35. The van der Waals surface area contributed by atoms with E-state index in [9.17, 15) is 14.7 Å². The van der Waals surface area contributed by atoms with Crippen molar-refractivity contribution in [1.29, 1.82) is 0 Å². The lowest BCUT2D eigenvalue weighted by Gasteiger charge is -2.15. The van der Waals surface area contributed by atoms with E-state index in [0.717, 1.165) is 16.7 Å². The molecule has 2 rings (SSSR count). The summed E-state index contributed by atoms with van der Waals surface area (Å²) >= 11 is 0. The summed E-state index contributed by atoms with van der Waals surface area (Å²) in [4.78, 5) is 23.4. The number of carboxylic acids is 1. The molecule has 2 N–H and O–H groups in total. The van der Waals surface area contributed by atoms with Crippen LogP contribution in [-0.4, -0.2) is 23.0 Å². The smallest absolute Gasteiger partial charge is 0.326 e. The van der Waals surface area contributed by atoms with Gasteiger partial charge in [-0.25, -0.2) is 4.79 Å². The van der Waals surface area contributed by atoms with Crippen LogP contribution in [0.4, 0.5) is 0 Å². The normalized spacial score (nSPS) is 11.7. The molecule has 0 saturated carbocycles. The Morgan fingerprint density at radius 3 is 2.36 bits per heavy atom. The van der Waals surface area contributed by atoms with E-state index in [0.29, 0.717) is 0 Å². The van der Waals surface area contributed by atoms with Crippen molar-refractivity contribution in [2.75, 3.05) is 0 Å². The van der Waals surface area contributed by atoms with E-state index in [4.69, 9.17) is 0 Å². The summed E-state index contributed by atoms with van der Waals surface area (Å²) in [6.45, 7) is 1.95. The molecule has 0 spiro atoms. The number of rotatable bonds is 6. The molecule has 1 amide bonds. The first-order valence-corrected chi connectivity index (χ1v) is 7.16. The van der Waals surface area contributed by atoms with Crippen LogP contribution in [0.15, 0.2) is 54.6 Å². The molecule has 1 atom stereocenters. The van der Waals surface area contributed by atoms with Crippen molar-refractivity contribution in [1.82, 2.24) is 5.32 Å². The highest BCUT2D eigenvalue weighted by Crippen LogP contribution is 2.08. The quantitative estimate of drug-likeness (QED) is 0.860. The van der Waals surface area contributed by atoms with Crippen molar-refractivity contribution in [2.45, 2.75) is 25.8 Å². The summed E-state index contributed by atoms with van der Waals surface area (Å²) in [6.07, 6.45) is 0.454. The molecule has 0 aromatic heterocycles. The van der Waals surface area contributed by atoms with Crippen LogP contribution in [0.5, 0.6) is 0 Å². The molecule has 0 aliphatic rings. The third kappa shape index (κ3) is 4.74. The molecule has 0 radical (unpaired) electrons. The number of nitrogens with one attached hydrogen (secondary N) is 1. The lowest BCUT2D eigenvalue weighted by Crippen LogP contribution is -2.43. The average molecular weight is 297 g/mol. The second-order valence-corrected chi connectivity index (χ2v) is 5.31. The van der Waals surface area contributed by atoms with Gasteiger partial charge in [-0.2, -0.15) is 0 Å². The van der Waals surface area contributed by atoms with Crippen LogP contribution in [0, 0.1) is 6.92 Å². The van der Waals surface area contributed by atoms with E-state index in [-0.39, 0.29) is 18.7 Å². The van der Waals surface area contributed by atoms with E-state index in [1.165, 1.54) is 0 Å². The topological polar surface area (TPSA) is 66.4 Å². The molecule has 22 heavy (non-hydrogen) atoms. The first-order valence-electron chi connectivity index (χ1n) is 7.16. The summed E-state index contributed by atoms with van der Waals surface area (Å²) < 4.78 is 0. The maximum Gasteiger partial charge on any atom is 0.326 e. The van der Waals surface area contributed by atoms with Crippen molar-refractivity contribution in [2.24, 2.45) is 0 Å². The molecule has 0 bridgehead atoms. The lowest BCUT2D eigenvalue weighted by molar-refractivity contribution is -0.141. The minimum atomic E-state index is -1.03. The van der Waals surface area contributed by atoms with Crippen LogP contribution in [0.3, 0.4) is 0 Å². The van der Waals surface area contributed by atoms with Crippen LogP contribution < -0.4 is 5.32 Å². The molecule has 2 aromatic rings. The van der Waals surface area contributed by atoms with Gasteiger partial charge in [0.25, 0.3) is 0 Å². The van der Waals surface area contributed by atoms with Gasteiger partial charge in [0.05, 0.1) is 6.42 Å². The van der Waals surface area contributed by atoms with Crippen molar-refractivity contribution >= 4 is 11.9 Å². The number of carbonyl (C=O) groups is 2. The van der Waals surface area contributed by atoms with Gasteiger partial charge in [-0.1, -0.05) is 60.2 Å². The number of aliphatic carboxylic acids is 1. The molecule has 0 aliphatic carbocycles. The molecule has 0 fully saturated rings. The summed E-state index contributed by atoms with van der Waals surface area (Å²) in [7, 11) is 0. The zero-order valence-electron chi connectivity index (χ0n) is 12.5. The highest BCUT2D eigenvalue weighted by atomic mass is 16.4. The number of aryl methyl sites for hydroxylation is 1. The molecule has 0 unspecified atom stereocenters. The predicted molar refractivity (Wildman–Crippen MR) is 84.6 cm³/mol. The fraction of sp³-hybridized carbons (Fsp3) is 0.222. The van der Waals surface area contributed by atoms with Crippen molar-refractivity contribution in [3.8, 4) is 0 Å². The van der Waals surface area contributed by atoms with Crippen molar-refractivity contribution in [3.63, 3.8) is 0 Å². The molecule has 0 aliphatic heterocycles. The molecule has 4 nitrogen and oxygen atoms in total. The summed E-state index contributed by atoms with van der Waals surface area (Å²) in [6, 6.07) is 16.0. The molecular weight excluding hydrogens is 278 g/mol. The van der Waals surface area contributed by atoms with Gasteiger partial charge in [0.2, 0.25) is 5.91 Å². The second-order valence-electron chi connectivity index (χ2n) is 5.31. The van der Waals surface area contributed by atoms with Gasteiger partial charge in [-0.15, -0.1) is 0 Å². The van der Waals surface area contributed by atoms with Crippen LogP contribution in [0.1, 0.15) is 16.7 Å². The maximum atomic E-state index is 12.0. The first kappa shape index (κ1) is 15.8. The fourth-order valence-electron chi connectivity index (χ4n) is 2.30. The van der Waals surface area contributed by atoms with Gasteiger partial charge < -0.3 is 10.4 Å². The Kier molecular flexibility index (Phi) is 5.31. The number of amides is 1. The Morgan fingerprint density at radius 2 is 1.73 bits per heavy atom. The van der Waals surface area contributed by atoms with E-state index in [1.807, 2.05) is 61.5 Å². The first-order chi connectivity index (χ1) is 10.5. The zero-order chi connectivity index (χ0) is 15.9. The molecule has 0 saturated heterocycles. The van der Waals surface area contributed by atoms with E-state index < -0.39 is 12.0 Å². The number of hydrogen-bond donors (Lipinski definition) is 2. The van der Waals surface area contributed by atoms with E-state index in [1.54, 1.807) is 0 Å². The van der Waals surface area contributed by atoms with Gasteiger partial charge in [-0.3, -0.25) is 4.79 Å². The van der Waals surface area contributed by atoms with E-state index >= 15 is 0 Å². The summed E-state index contributed by atoms with van der Waals surface area (Å²) in [5.74, 6) is -1.31. The van der Waals surface area contributed by atoms with Crippen molar-refractivity contribution < 1.29 is 14.7 Å². The monoisotopic (exact) mass is 297 g/mol. The lowest BCUT2D eigenvalue weighted by atomic mass is 10.0. The number of hydrogen-bond acceptors (Lipinski definition) is 2. The highest BCUT2D eigenvalue weighted by Gasteiger charge is 2.20. The van der Waals surface area contributed by atoms with E-state index in [2.05, 4.69) is 5.32 Å². The Morgan fingerprint density at radius 1 is 1.05 bits per heavy atom. The minimum absolute atomic E-state index is 0.179. The van der Waals surface area contributed by atoms with Gasteiger partial charge in [-0.05, 0) is 18.1 Å². The largest absolute Gasteiger partial charge is 0.480 e. The molecular formula is C18H19NO3. The highest BCUT2D eigenvalue weighted by molar-refractivity contribution is 5.85.